The number of nitrogens with one attached hydrogen (secondary N) is 1. The van der Waals surface area contributed by atoms with Gasteiger partial charge in [0.2, 0.25) is 10.0 Å². The van der Waals surface area contributed by atoms with Crippen molar-refractivity contribution in [3.8, 4) is 0 Å². The molecule has 2 aliphatic rings. The molecule has 2 fully saturated rings. The fraction of sp³-hybridized carbons (Fsp3) is 0.625. The van der Waals surface area contributed by atoms with Crippen LogP contribution in [-0.2, 0) is 16.4 Å². The van der Waals surface area contributed by atoms with Crippen LogP contribution >= 0.6 is 0 Å². The maximum atomic E-state index is 12.6. The number of nitrogen functional groups attached to an aromatic ring is 1. The Morgan fingerprint density at radius 3 is 2.38 bits per heavy atom. The first-order valence-electron chi connectivity index (χ1n) is 7.89. The van der Waals surface area contributed by atoms with Crippen molar-refractivity contribution in [1.29, 1.82) is 0 Å². The number of hydrogen-bond donors (Lipinski definition) is 2. The second kappa shape index (κ2) is 5.61. The second-order valence-corrected chi connectivity index (χ2v) is 8.15. The fourth-order valence-corrected chi connectivity index (χ4v) is 4.58. The largest absolute Gasteiger partial charge is 0.399 e. The molecule has 3 N–H and O–H groups in total. The molecule has 4 nitrogen and oxygen atoms in total. The van der Waals surface area contributed by atoms with Crippen molar-refractivity contribution in [2.24, 2.45) is 17.8 Å². The summed E-state index contributed by atoms with van der Waals surface area (Å²) in [5, 5.41) is 0. The molecule has 116 valence electrons. The fourth-order valence-electron chi connectivity index (χ4n) is 3.16. The molecular weight excluding hydrogens is 284 g/mol. The van der Waals surface area contributed by atoms with E-state index in [1.54, 1.807) is 12.1 Å². The highest BCUT2D eigenvalue weighted by Crippen LogP contribution is 2.48. The summed E-state index contributed by atoms with van der Waals surface area (Å²) in [6, 6.07) is 5.14. The van der Waals surface area contributed by atoms with Crippen LogP contribution in [0.2, 0.25) is 0 Å². The van der Waals surface area contributed by atoms with Crippen LogP contribution in [0.5, 0.6) is 0 Å². The van der Waals surface area contributed by atoms with Crippen LogP contribution in [0.1, 0.15) is 38.2 Å². The first-order chi connectivity index (χ1) is 10.0. The van der Waals surface area contributed by atoms with E-state index in [9.17, 15) is 8.42 Å². The molecule has 0 heterocycles. The highest BCUT2D eigenvalue weighted by atomic mass is 32.2. The summed E-state index contributed by atoms with van der Waals surface area (Å²) in [4.78, 5) is 0.343. The number of aryl methyl sites for hydroxylation is 1. The minimum atomic E-state index is -3.46. The lowest BCUT2D eigenvalue weighted by atomic mass is 9.99. The molecule has 0 aromatic heterocycles. The highest BCUT2D eigenvalue weighted by Gasteiger charge is 2.41. The van der Waals surface area contributed by atoms with Crippen LogP contribution in [0.3, 0.4) is 0 Å². The molecule has 21 heavy (non-hydrogen) atoms. The van der Waals surface area contributed by atoms with Crippen molar-refractivity contribution < 1.29 is 8.42 Å². The van der Waals surface area contributed by atoms with Gasteiger partial charge in [-0.25, -0.2) is 13.1 Å². The zero-order chi connectivity index (χ0) is 15.0. The summed E-state index contributed by atoms with van der Waals surface area (Å²) in [7, 11) is -3.46. The quantitative estimate of drug-likeness (QED) is 0.760. The SMILES string of the molecule is CCc1ccc(N)cc1S(=O)(=O)NCC(C1CC1)C1CC1. The number of hydrogen-bond acceptors (Lipinski definition) is 3. The molecule has 0 spiro atoms. The van der Waals surface area contributed by atoms with Gasteiger partial charge in [-0.2, -0.15) is 0 Å². The van der Waals surface area contributed by atoms with Gasteiger partial charge < -0.3 is 5.73 Å². The maximum Gasteiger partial charge on any atom is 0.240 e. The first kappa shape index (κ1) is 14.9. The Morgan fingerprint density at radius 1 is 1.24 bits per heavy atom. The van der Waals surface area contributed by atoms with Gasteiger partial charge >= 0.3 is 0 Å². The average Bonchev–Trinajstić information content (AvgIpc) is 3.32. The number of sulfonamides is 1. The van der Waals surface area contributed by atoms with Gasteiger partial charge in [0, 0.05) is 12.2 Å². The van der Waals surface area contributed by atoms with Crippen LogP contribution in [0, 0.1) is 17.8 Å². The molecule has 1 aromatic rings. The molecule has 0 amide bonds. The Balaban J connectivity index is 1.75. The van der Waals surface area contributed by atoms with E-state index < -0.39 is 10.0 Å². The van der Waals surface area contributed by atoms with E-state index in [2.05, 4.69) is 4.72 Å². The number of benzene rings is 1. The molecule has 1 aromatic carbocycles. The van der Waals surface area contributed by atoms with E-state index >= 15 is 0 Å². The summed E-state index contributed by atoms with van der Waals surface area (Å²) in [5.41, 5.74) is 7.08. The monoisotopic (exact) mass is 308 g/mol. The molecule has 2 saturated carbocycles. The standard InChI is InChI=1S/C16H24N2O2S/c1-2-11-7-8-14(17)9-16(11)21(19,20)18-10-15(12-3-4-12)13-5-6-13/h7-9,12-13,15,18H,2-6,10,17H2,1H3. The van der Waals surface area contributed by atoms with Gasteiger partial charge in [-0.1, -0.05) is 13.0 Å². The third-order valence-electron chi connectivity index (χ3n) is 4.73. The molecular formula is C16H24N2O2S. The molecule has 5 heteroatoms. The van der Waals surface area contributed by atoms with Crippen LogP contribution in [-0.4, -0.2) is 15.0 Å². The van der Waals surface area contributed by atoms with Crippen LogP contribution < -0.4 is 10.5 Å². The van der Waals surface area contributed by atoms with Crippen molar-refractivity contribution in [3.05, 3.63) is 23.8 Å². The Bertz CT molecular complexity index is 607. The molecule has 0 unspecified atom stereocenters. The van der Waals surface area contributed by atoms with E-state index in [4.69, 9.17) is 5.73 Å². The number of nitrogens with two attached hydrogens (primary N) is 1. The van der Waals surface area contributed by atoms with Gasteiger partial charge in [-0.3, -0.25) is 0 Å². The van der Waals surface area contributed by atoms with Gasteiger partial charge in [-0.05, 0) is 67.6 Å². The molecule has 3 rings (SSSR count). The van der Waals surface area contributed by atoms with Gasteiger partial charge in [-0.15, -0.1) is 0 Å². The van der Waals surface area contributed by atoms with E-state index in [1.807, 2.05) is 13.0 Å². The highest BCUT2D eigenvalue weighted by molar-refractivity contribution is 7.89. The van der Waals surface area contributed by atoms with Gasteiger partial charge in [0.1, 0.15) is 0 Å². The van der Waals surface area contributed by atoms with Crippen LogP contribution in [0.4, 0.5) is 5.69 Å². The lowest BCUT2D eigenvalue weighted by molar-refractivity contribution is 0.401. The van der Waals surface area contributed by atoms with Crippen molar-refractivity contribution in [2.45, 2.75) is 43.9 Å². The predicted octanol–water partition coefficient (Wildman–Crippen LogP) is 2.55. The number of rotatable bonds is 7. The van der Waals surface area contributed by atoms with E-state index in [0.717, 1.165) is 17.4 Å². The van der Waals surface area contributed by atoms with Crippen molar-refractivity contribution in [3.63, 3.8) is 0 Å². The van der Waals surface area contributed by atoms with E-state index in [-0.39, 0.29) is 0 Å². The molecule has 0 radical (unpaired) electrons. The summed E-state index contributed by atoms with van der Waals surface area (Å²) in [6.45, 7) is 2.54. The molecule has 0 saturated heterocycles. The zero-order valence-electron chi connectivity index (χ0n) is 12.5. The third-order valence-corrected chi connectivity index (χ3v) is 6.23. The van der Waals surface area contributed by atoms with E-state index in [1.165, 1.54) is 25.7 Å². The summed E-state index contributed by atoms with van der Waals surface area (Å²) >= 11 is 0. The Kier molecular flexibility index (Phi) is 3.97. The van der Waals surface area contributed by atoms with Crippen molar-refractivity contribution >= 4 is 15.7 Å². The van der Waals surface area contributed by atoms with Crippen LogP contribution in [0.25, 0.3) is 0 Å². The van der Waals surface area contributed by atoms with Crippen molar-refractivity contribution in [2.75, 3.05) is 12.3 Å². The van der Waals surface area contributed by atoms with Crippen LogP contribution in [0.15, 0.2) is 23.1 Å². The second-order valence-electron chi connectivity index (χ2n) is 6.41. The topological polar surface area (TPSA) is 72.2 Å². The third kappa shape index (κ3) is 3.40. The average molecular weight is 308 g/mol. The molecule has 0 bridgehead atoms. The molecule has 0 aliphatic heterocycles. The minimum absolute atomic E-state index is 0.343. The molecule has 0 atom stereocenters. The van der Waals surface area contributed by atoms with Gasteiger partial charge in [0.15, 0.2) is 0 Å². The summed E-state index contributed by atoms with van der Waals surface area (Å²) in [6.07, 6.45) is 5.75. The smallest absolute Gasteiger partial charge is 0.240 e. The Morgan fingerprint density at radius 2 is 1.86 bits per heavy atom. The maximum absolute atomic E-state index is 12.6. The Hall–Kier alpha value is -1.07. The predicted molar refractivity (Wildman–Crippen MR) is 84.4 cm³/mol. The molecule has 2 aliphatic carbocycles. The van der Waals surface area contributed by atoms with Gasteiger partial charge in [0.25, 0.3) is 0 Å². The summed E-state index contributed by atoms with van der Waals surface area (Å²) in [5.74, 6) is 2.02. The number of anilines is 1. The zero-order valence-corrected chi connectivity index (χ0v) is 13.3. The minimum Gasteiger partial charge on any atom is -0.399 e. The van der Waals surface area contributed by atoms with Crippen molar-refractivity contribution in [1.82, 2.24) is 4.72 Å². The van der Waals surface area contributed by atoms with E-state index in [0.29, 0.717) is 29.5 Å². The van der Waals surface area contributed by atoms with Gasteiger partial charge in [0.05, 0.1) is 4.90 Å². The lowest BCUT2D eigenvalue weighted by Gasteiger charge is -2.17. The summed E-state index contributed by atoms with van der Waals surface area (Å²) < 4.78 is 28.0. The Labute approximate surface area is 127 Å². The lowest BCUT2D eigenvalue weighted by Crippen LogP contribution is -2.31. The normalized spacial score (nSPS) is 19.1. The first-order valence-corrected chi connectivity index (χ1v) is 9.37.